The van der Waals surface area contributed by atoms with Crippen LogP contribution in [0.25, 0.3) is 0 Å². The Bertz CT molecular complexity index is 593. The first-order valence-electron chi connectivity index (χ1n) is 5.92. The first-order chi connectivity index (χ1) is 8.93. The molecule has 1 saturated heterocycles. The Morgan fingerprint density at radius 2 is 2.00 bits per heavy atom. The maximum absolute atomic E-state index is 12.4. The van der Waals surface area contributed by atoms with E-state index in [1.807, 2.05) is 0 Å². The van der Waals surface area contributed by atoms with Crippen LogP contribution in [-0.2, 0) is 10.0 Å². The molecule has 1 aliphatic rings. The molecule has 20 heavy (non-hydrogen) atoms. The minimum atomic E-state index is -3.86. The molecule has 1 aliphatic heterocycles. The van der Waals surface area contributed by atoms with Crippen molar-refractivity contribution in [1.29, 1.82) is 0 Å². The van der Waals surface area contributed by atoms with E-state index in [9.17, 15) is 18.5 Å². The third-order valence-corrected chi connectivity index (χ3v) is 5.01. The quantitative estimate of drug-likeness (QED) is 0.663. The lowest BCUT2D eigenvalue weighted by molar-refractivity contribution is -0.387. The van der Waals surface area contributed by atoms with Crippen LogP contribution in [-0.4, -0.2) is 36.8 Å². The van der Waals surface area contributed by atoms with Gasteiger partial charge in [-0.15, -0.1) is 12.4 Å². The van der Waals surface area contributed by atoms with Crippen LogP contribution in [0.3, 0.4) is 0 Å². The number of nitro groups is 1. The summed E-state index contributed by atoms with van der Waals surface area (Å²) < 4.78 is 26.1. The summed E-state index contributed by atoms with van der Waals surface area (Å²) in [6.45, 7) is 0.552. The van der Waals surface area contributed by atoms with Gasteiger partial charge in [0, 0.05) is 25.2 Å². The van der Waals surface area contributed by atoms with E-state index < -0.39 is 20.6 Å². The molecule has 0 aliphatic carbocycles. The number of nitrogens with two attached hydrogens (primary N) is 1. The van der Waals surface area contributed by atoms with Gasteiger partial charge in [0.05, 0.1) is 4.92 Å². The number of sulfonamides is 1. The van der Waals surface area contributed by atoms with Crippen LogP contribution in [0.5, 0.6) is 0 Å². The molecule has 1 atom stereocenters. The Hall–Kier alpha value is -1.22. The molecule has 2 N–H and O–H groups in total. The lowest BCUT2D eigenvalue weighted by Gasteiger charge is -2.29. The molecule has 2 rings (SSSR count). The zero-order valence-electron chi connectivity index (χ0n) is 10.6. The molecule has 0 amide bonds. The van der Waals surface area contributed by atoms with Crippen LogP contribution in [0.1, 0.15) is 12.8 Å². The maximum Gasteiger partial charge on any atom is 0.289 e. The summed E-state index contributed by atoms with van der Waals surface area (Å²) in [4.78, 5) is 9.96. The van der Waals surface area contributed by atoms with Crippen LogP contribution in [0.4, 0.5) is 5.69 Å². The van der Waals surface area contributed by atoms with Crippen LogP contribution >= 0.6 is 12.4 Å². The van der Waals surface area contributed by atoms with E-state index in [1.165, 1.54) is 28.6 Å². The van der Waals surface area contributed by atoms with Gasteiger partial charge in [0.25, 0.3) is 5.69 Å². The van der Waals surface area contributed by atoms with Crippen LogP contribution < -0.4 is 5.73 Å². The van der Waals surface area contributed by atoms with Crippen molar-refractivity contribution in [1.82, 2.24) is 4.31 Å². The number of hydrogen-bond donors (Lipinski definition) is 1. The molecule has 0 aromatic heterocycles. The van der Waals surface area contributed by atoms with Gasteiger partial charge in [-0.1, -0.05) is 12.1 Å². The van der Waals surface area contributed by atoms with E-state index in [-0.39, 0.29) is 29.9 Å². The number of nitro benzene ring substituents is 1. The van der Waals surface area contributed by atoms with E-state index in [4.69, 9.17) is 5.73 Å². The smallest absolute Gasteiger partial charge is 0.289 e. The summed E-state index contributed by atoms with van der Waals surface area (Å²) in [5.74, 6) is 0. The average Bonchev–Trinajstić information content (AvgIpc) is 2.38. The zero-order chi connectivity index (χ0) is 14.0. The summed E-state index contributed by atoms with van der Waals surface area (Å²) in [6, 6.07) is 5.15. The topological polar surface area (TPSA) is 107 Å². The van der Waals surface area contributed by atoms with Crippen LogP contribution in [0, 0.1) is 10.1 Å². The van der Waals surface area contributed by atoms with E-state index in [1.54, 1.807) is 0 Å². The minimum Gasteiger partial charge on any atom is -0.327 e. The van der Waals surface area contributed by atoms with E-state index in [2.05, 4.69) is 0 Å². The predicted molar refractivity (Wildman–Crippen MR) is 76.3 cm³/mol. The highest BCUT2D eigenvalue weighted by Crippen LogP contribution is 2.27. The second-order valence-electron chi connectivity index (χ2n) is 4.49. The van der Waals surface area contributed by atoms with Gasteiger partial charge in [0.15, 0.2) is 4.90 Å². The van der Waals surface area contributed by atoms with Crippen molar-refractivity contribution in [2.24, 2.45) is 5.73 Å². The first-order valence-corrected chi connectivity index (χ1v) is 7.36. The summed E-state index contributed by atoms with van der Waals surface area (Å²) in [5.41, 5.74) is 5.36. The molecule has 112 valence electrons. The highest BCUT2D eigenvalue weighted by molar-refractivity contribution is 7.89. The van der Waals surface area contributed by atoms with Crippen molar-refractivity contribution in [3.05, 3.63) is 34.4 Å². The summed E-state index contributed by atoms with van der Waals surface area (Å²) in [6.07, 6.45) is 1.43. The summed E-state index contributed by atoms with van der Waals surface area (Å²) >= 11 is 0. The Morgan fingerprint density at radius 3 is 2.60 bits per heavy atom. The predicted octanol–water partition coefficient (Wildman–Crippen LogP) is 1.13. The highest BCUT2D eigenvalue weighted by Gasteiger charge is 2.33. The van der Waals surface area contributed by atoms with Crippen molar-refractivity contribution in [3.8, 4) is 0 Å². The van der Waals surface area contributed by atoms with E-state index in [0.717, 1.165) is 6.42 Å². The number of halogens is 1. The SMILES string of the molecule is Cl.NC1CCCN(S(=O)(=O)c2ccccc2[N+](=O)[O-])C1. The van der Waals surface area contributed by atoms with Crippen molar-refractivity contribution < 1.29 is 13.3 Å². The highest BCUT2D eigenvalue weighted by atomic mass is 35.5. The number of para-hydroxylation sites is 1. The molecule has 0 radical (unpaired) electrons. The third-order valence-electron chi connectivity index (χ3n) is 3.10. The third kappa shape index (κ3) is 3.26. The minimum absolute atomic E-state index is 0. The van der Waals surface area contributed by atoms with Gasteiger partial charge in [-0.3, -0.25) is 10.1 Å². The maximum atomic E-state index is 12.4. The second kappa shape index (κ2) is 6.49. The molecule has 0 spiro atoms. The Balaban J connectivity index is 0.00000200. The van der Waals surface area contributed by atoms with Crippen LogP contribution in [0.15, 0.2) is 29.2 Å². The average molecular weight is 322 g/mol. The molecule has 1 fully saturated rings. The van der Waals surface area contributed by atoms with Gasteiger partial charge in [0.2, 0.25) is 10.0 Å². The van der Waals surface area contributed by atoms with Gasteiger partial charge >= 0.3 is 0 Å². The van der Waals surface area contributed by atoms with Gasteiger partial charge in [-0.25, -0.2) is 8.42 Å². The Labute approximate surface area is 123 Å². The molecular formula is C11H16ClN3O4S. The van der Waals surface area contributed by atoms with Gasteiger partial charge in [-0.2, -0.15) is 4.31 Å². The monoisotopic (exact) mass is 321 g/mol. The van der Waals surface area contributed by atoms with Gasteiger partial charge in [0.1, 0.15) is 0 Å². The summed E-state index contributed by atoms with van der Waals surface area (Å²) in [5, 5.41) is 10.9. The fourth-order valence-corrected chi connectivity index (χ4v) is 3.85. The molecule has 9 heteroatoms. The second-order valence-corrected chi connectivity index (χ2v) is 6.40. The molecule has 1 heterocycles. The number of benzene rings is 1. The molecule has 1 aromatic carbocycles. The zero-order valence-corrected chi connectivity index (χ0v) is 12.3. The van der Waals surface area contributed by atoms with Crippen LogP contribution in [0.2, 0.25) is 0 Å². The van der Waals surface area contributed by atoms with E-state index >= 15 is 0 Å². The number of hydrogen-bond acceptors (Lipinski definition) is 5. The molecule has 1 unspecified atom stereocenters. The largest absolute Gasteiger partial charge is 0.327 e. The molecule has 0 bridgehead atoms. The Kier molecular flexibility index (Phi) is 5.46. The number of rotatable bonds is 3. The van der Waals surface area contributed by atoms with Crippen molar-refractivity contribution >= 4 is 28.1 Å². The molecular weight excluding hydrogens is 306 g/mol. The van der Waals surface area contributed by atoms with Crippen molar-refractivity contribution in [3.63, 3.8) is 0 Å². The Morgan fingerprint density at radius 1 is 1.35 bits per heavy atom. The molecule has 1 aromatic rings. The molecule has 7 nitrogen and oxygen atoms in total. The molecule has 0 saturated carbocycles. The van der Waals surface area contributed by atoms with Gasteiger partial charge < -0.3 is 5.73 Å². The first kappa shape index (κ1) is 16.8. The fraction of sp³-hybridized carbons (Fsp3) is 0.455. The van der Waals surface area contributed by atoms with E-state index in [0.29, 0.717) is 13.0 Å². The fourth-order valence-electron chi connectivity index (χ4n) is 2.16. The lowest BCUT2D eigenvalue weighted by atomic mass is 10.1. The lowest BCUT2D eigenvalue weighted by Crippen LogP contribution is -2.45. The number of piperidine rings is 1. The van der Waals surface area contributed by atoms with Crippen molar-refractivity contribution in [2.75, 3.05) is 13.1 Å². The van der Waals surface area contributed by atoms with Gasteiger partial charge in [-0.05, 0) is 18.9 Å². The van der Waals surface area contributed by atoms with Crippen molar-refractivity contribution in [2.45, 2.75) is 23.8 Å². The standard InChI is InChI=1S/C11H15N3O4S.ClH/c12-9-4-3-7-13(8-9)19(17,18)11-6-2-1-5-10(11)14(15)16;/h1-2,5-6,9H,3-4,7-8,12H2;1H. The number of nitrogens with zero attached hydrogens (tertiary/aromatic N) is 2. The normalized spacial score (nSPS) is 20.1. The summed E-state index contributed by atoms with van der Waals surface area (Å²) in [7, 11) is -3.86.